The highest BCUT2D eigenvalue weighted by molar-refractivity contribution is 6.22. The van der Waals surface area contributed by atoms with Crippen LogP contribution in [0.15, 0.2) is 29.5 Å². The quantitative estimate of drug-likeness (QED) is 0.305. The molecule has 1 fully saturated rings. The lowest BCUT2D eigenvalue weighted by Crippen LogP contribution is -2.74. The van der Waals surface area contributed by atoms with Gasteiger partial charge in [-0.25, -0.2) is 0 Å². The maximum absolute atomic E-state index is 13.4. The van der Waals surface area contributed by atoms with E-state index in [0.717, 1.165) is 0 Å². The lowest BCUT2D eigenvalue weighted by molar-refractivity contribution is -0.221. The molecule has 0 bridgehead atoms. The molecule has 1 aromatic rings. The molecular weight excluding hydrogens is 420 g/mol. The molecule has 10 heteroatoms. The Bertz CT molecular complexity index is 1070. The van der Waals surface area contributed by atoms with Gasteiger partial charge in [-0.2, -0.15) is 0 Å². The van der Waals surface area contributed by atoms with Crippen molar-refractivity contribution in [3.05, 3.63) is 40.7 Å². The molecular formula is C22H26N2O8. The van der Waals surface area contributed by atoms with Crippen LogP contribution >= 0.6 is 0 Å². The van der Waals surface area contributed by atoms with E-state index in [1.165, 1.54) is 25.1 Å². The number of rotatable bonds is 2. The highest BCUT2D eigenvalue weighted by Crippen LogP contribution is 2.56. The van der Waals surface area contributed by atoms with E-state index < -0.39 is 76.3 Å². The summed E-state index contributed by atoms with van der Waals surface area (Å²) in [5.41, 5.74) is 2.13. The molecule has 0 radical (unpaired) electrons. The fourth-order valence-electron chi connectivity index (χ4n) is 6.05. The second-order valence-corrected chi connectivity index (χ2v) is 9.14. The molecule has 3 aliphatic rings. The largest absolute Gasteiger partial charge is 0.508 e. The number of primary amides is 1. The van der Waals surface area contributed by atoms with Crippen LogP contribution in [0.5, 0.6) is 5.75 Å². The zero-order chi connectivity index (χ0) is 23.9. The predicted octanol–water partition coefficient (Wildman–Crippen LogP) is -1.18. The average molecular weight is 446 g/mol. The molecule has 1 aromatic carbocycles. The third-order valence-corrected chi connectivity index (χ3v) is 7.44. The number of carbonyl (C=O) groups is 3. The van der Waals surface area contributed by atoms with E-state index >= 15 is 0 Å². The first-order valence-electron chi connectivity index (χ1n) is 10.3. The Hall–Kier alpha value is -2.79. The molecule has 172 valence electrons. The smallest absolute Gasteiger partial charge is 0.255 e. The normalized spacial score (nSPS) is 38.9. The van der Waals surface area contributed by atoms with E-state index in [1.54, 1.807) is 19.1 Å². The van der Waals surface area contributed by atoms with Gasteiger partial charge in [0.05, 0.1) is 23.6 Å². The molecule has 1 amide bonds. The second kappa shape index (κ2) is 7.11. The number of nitrogens with zero attached hydrogens (tertiary/aromatic N) is 1. The first kappa shape index (κ1) is 22.4. The highest BCUT2D eigenvalue weighted by atomic mass is 16.4. The van der Waals surface area contributed by atoms with Crippen LogP contribution in [0.25, 0.3) is 0 Å². The molecule has 7 N–H and O–H groups in total. The Morgan fingerprint density at radius 2 is 1.75 bits per heavy atom. The predicted molar refractivity (Wildman–Crippen MR) is 110 cm³/mol. The molecule has 32 heavy (non-hydrogen) atoms. The summed E-state index contributed by atoms with van der Waals surface area (Å²) in [6.07, 6.45) is -3.52. The number of phenolic OH excluding ortho intramolecular Hbond substituents is 1. The molecule has 4 rings (SSSR count). The average Bonchev–Trinajstić information content (AvgIpc) is 2.70. The van der Waals surface area contributed by atoms with Gasteiger partial charge in [0.25, 0.3) is 5.91 Å². The van der Waals surface area contributed by atoms with Crippen LogP contribution in [0.1, 0.15) is 28.8 Å². The van der Waals surface area contributed by atoms with Crippen molar-refractivity contribution >= 4 is 17.5 Å². The molecule has 3 aliphatic carbocycles. The summed E-state index contributed by atoms with van der Waals surface area (Å²) in [4.78, 5) is 39.8. The molecule has 0 aromatic heterocycles. The Morgan fingerprint density at radius 1 is 1.12 bits per heavy atom. The first-order chi connectivity index (χ1) is 14.9. The van der Waals surface area contributed by atoms with Crippen LogP contribution in [0, 0.1) is 17.8 Å². The van der Waals surface area contributed by atoms with E-state index in [1.807, 2.05) is 0 Å². The molecule has 0 spiro atoms. The van der Waals surface area contributed by atoms with Crippen LogP contribution in [0.4, 0.5) is 0 Å². The number of hydrogen-bond donors (Lipinski definition) is 6. The van der Waals surface area contributed by atoms with Crippen molar-refractivity contribution in [2.24, 2.45) is 23.5 Å². The highest BCUT2D eigenvalue weighted by Gasteiger charge is 2.70. The van der Waals surface area contributed by atoms with Gasteiger partial charge in [0.15, 0.2) is 17.2 Å². The van der Waals surface area contributed by atoms with Crippen molar-refractivity contribution in [1.82, 2.24) is 4.90 Å². The van der Waals surface area contributed by atoms with Gasteiger partial charge in [-0.3, -0.25) is 19.3 Å². The molecule has 0 heterocycles. The number of carbonyl (C=O) groups excluding carboxylic acids is 3. The standard InChI is InChI=1S/C22H26N2O8/c1-7-8-5-4-6-9(25)11(8)16(26)12-10(7)17(27)14-15(24(2)3)18(28)13(21(23)31)20(30)22(14,32)19(12)29/h4-7,10,12,14-15,17,19,25,27,29-30,32H,1-3H3,(H2,23,31)/t7-,10+,12-,14-,15-,17-,19+,22-/m0/s1. The summed E-state index contributed by atoms with van der Waals surface area (Å²) in [7, 11) is 2.97. The third kappa shape index (κ3) is 2.57. The van der Waals surface area contributed by atoms with Gasteiger partial charge in [0, 0.05) is 11.8 Å². The summed E-state index contributed by atoms with van der Waals surface area (Å²) in [6, 6.07) is 3.19. The zero-order valence-corrected chi connectivity index (χ0v) is 17.8. The van der Waals surface area contributed by atoms with Crippen LogP contribution in [0.2, 0.25) is 0 Å². The maximum Gasteiger partial charge on any atom is 0.255 e. The molecule has 8 atom stereocenters. The maximum atomic E-state index is 13.4. The van der Waals surface area contributed by atoms with E-state index in [2.05, 4.69) is 0 Å². The van der Waals surface area contributed by atoms with Crippen molar-refractivity contribution in [2.75, 3.05) is 14.1 Å². The summed E-state index contributed by atoms with van der Waals surface area (Å²) < 4.78 is 0. The number of ketones is 2. The summed E-state index contributed by atoms with van der Waals surface area (Å²) in [5, 5.41) is 55.4. The number of amides is 1. The van der Waals surface area contributed by atoms with E-state index in [9.17, 15) is 39.9 Å². The van der Waals surface area contributed by atoms with Crippen LogP contribution in [-0.2, 0) is 9.59 Å². The third-order valence-electron chi connectivity index (χ3n) is 7.44. The molecule has 0 saturated heterocycles. The van der Waals surface area contributed by atoms with Crippen LogP contribution < -0.4 is 5.73 Å². The monoisotopic (exact) mass is 446 g/mol. The summed E-state index contributed by atoms with van der Waals surface area (Å²) in [6.45, 7) is 1.71. The van der Waals surface area contributed by atoms with Crippen molar-refractivity contribution in [2.45, 2.75) is 36.7 Å². The second-order valence-electron chi connectivity index (χ2n) is 9.14. The van der Waals surface area contributed by atoms with Gasteiger partial charge >= 0.3 is 0 Å². The Labute approximate surface area is 183 Å². The number of nitrogens with two attached hydrogens (primary N) is 1. The fourth-order valence-corrected chi connectivity index (χ4v) is 6.05. The Kier molecular flexibility index (Phi) is 4.98. The van der Waals surface area contributed by atoms with Gasteiger partial charge in [0.2, 0.25) is 0 Å². The van der Waals surface area contributed by atoms with Crippen molar-refractivity contribution < 1.29 is 39.9 Å². The number of phenols is 1. The van der Waals surface area contributed by atoms with Gasteiger partial charge in [-0.15, -0.1) is 0 Å². The SMILES string of the molecule is C[C@H]1c2cccc(O)c2C(=O)[C@@H]2[C@@H]1[C@H](O)[C@@H]1[C@H](N(C)C)C(=O)C(C(N)=O)=C(O)[C@@]1(O)[C@@H]2O. The lowest BCUT2D eigenvalue weighted by Gasteiger charge is -2.58. The topological polar surface area (TPSA) is 182 Å². The number of benzene rings is 1. The van der Waals surface area contributed by atoms with Crippen molar-refractivity contribution in [3.8, 4) is 5.75 Å². The Balaban J connectivity index is 1.99. The van der Waals surface area contributed by atoms with Crippen molar-refractivity contribution in [1.29, 1.82) is 0 Å². The molecule has 10 nitrogen and oxygen atoms in total. The van der Waals surface area contributed by atoms with Crippen molar-refractivity contribution in [3.63, 3.8) is 0 Å². The molecule has 0 unspecified atom stereocenters. The number of aromatic hydroxyl groups is 1. The number of likely N-dealkylation sites (N-methyl/N-ethyl adjacent to an activating group) is 1. The van der Waals surface area contributed by atoms with Gasteiger partial charge < -0.3 is 31.3 Å². The number of hydrogen-bond acceptors (Lipinski definition) is 9. The minimum absolute atomic E-state index is 0.0378. The van der Waals surface area contributed by atoms with Gasteiger partial charge in [-0.1, -0.05) is 19.1 Å². The number of fused-ring (bicyclic) bond motifs is 3. The van der Waals surface area contributed by atoms with Crippen LogP contribution in [0.3, 0.4) is 0 Å². The summed E-state index contributed by atoms with van der Waals surface area (Å²) in [5.74, 6) is -8.75. The number of aliphatic hydroxyl groups is 4. The van der Waals surface area contributed by atoms with E-state index in [-0.39, 0.29) is 11.3 Å². The molecule has 0 aliphatic heterocycles. The molecule has 1 saturated carbocycles. The van der Waals surface area contributed by atoms with Gasteiger partial charge in [-0.05, 0) is 31.6 Å². The van der Waals surface area contributed by atoms with Gasteiger partial charge in [0.1, 0.15) is 23.2 Å². The fraction of sp³-hybridized carbons (Fsp3) is 0.500. The minimum Gasteiger partial charge on any atom is -0.508 e. The minimum atomic E-state index is -2.70. The summed E-state index contributed by atoms with van der Waals surface area (Å²) >= 11 is 0. The number of aliphatic hydroxyl groups excluding tert-OH is 3. The lowest BCUT2D eigenvalue weighted by atomic mass is 9.50. The number of Topliss-reactive ketones (excluding diaryl/α,β-unsaturated/α-hetero) is 2. The van der Waals surface area contributed by atoms with Crippen LogP contribution in [-0.4, -0.2) is 85.9 Å². The first-order valence-corrected chi connectivity index (χ1v) is 10.3. The van der Waals surface area contributed by atoms with E-state index in [0.29, 0.717) is 5.56 Å². The zero-order valence-electron chi connectivity index (χ0n) is 17.8. The Morgan fingerprint density at radius 3 is 2.31 bits per heavy atom. The van der Waals surface area contributed by atoms with E-state index in [4.69, 9.17) is 5.73 Å².